The van der Waals surface area contributed by atoms with Crippen LogP contribution in [0.3, 0.4) is 0 Å². The van der Waals surface area contributed by atoms with E-state index >= 15 is 0 Å². The molecule has 36 heavy (non-hydrogen) atoms. The maximum atomic E-state index is 13.0. The highest BCUT2D eigenvalue weighted by Gasteiger charge is 2.27. The molecule has 4 aromatic rings. The molecule has 3 heterocycles. The van der Waals surface area contributed by atoms with Crippen LogP contribution in [0.2, 0.25) is 0 Å². The van der Waals surface area contributed by atoms with E-state index < -0.39 is 0 Å². The second-order valence-electron chi connectivity index (χ2n) is 8.77. The third kappa shape index (κ3) is 4.41. The molecular formula is C28H28N2O6. The summed E-state index contributed by atoms with van der Waals surface area (Å²) < 4.78 is 28.1. The van der Waals surface area contributed by atoms with Crippen LogP contribution < -0.4 is 19.9 Å². The minimum Gasteiger partial charge on any atom is -0.493 e. The number of furan rings is 1. The average molecular weight is 489 g/mol. The summed E-state index contributed by atoms with van der Waals surface area (Å²) in [7, 11) is 4.70. The number of ether oxygens (including phenoxy) is 4. The van der Waals surface area contributed by atoms with E-state index in [0.29, 0.717) is 59.3 Å². The number of fused-ring (bicyclic) bond motifs is 1. The molecule has 2 aromatic carbocycles. The molecule has 0 aliphatic carbocycles. The lowest BCUT2D eigenvalue weighted by molar-refractivity contribution is 0.0951. The van der Waals surface area contributed by atoms with Crippen LogP contribution in [-0.4, -0.2) is 51.4 Å². The molecule has 0 saturated carbocycles. The highest BCUT2D eigenvalue weighted by Crippen LogP contribution is 2.43. The number of carbonyl (C=O) groups is 1. The number of hydrogen-bond donors (Lipinski definition) is 1. The van der Waals surface area contributed by atoms with Crippen molar-refractivity contribution in [2.45, 2.75) is 12.5 Å². The third-order valence-electron chi connectivity index (χ3n) is 6.55. The number of aromatic nitrogens is 1. The summed E-state index contributed by atoms with van der Waals surface area (Å²) in [4.78, 5) is 17.5. The topological polar surface area (TPSA) is 106 Å². The van der Waals surface area contributed by atoms with Crippen molar-refractivity contribution < 1.29 is 28.2 Å². The molecule has 8 nitrogen and oxygen atoms in total. The molecule has 1 saturated heterocycles. The van der Waals surface area contributed by atoms with Crippen molar-refractivity contribution in [3.05, 3.63) is 60.3 Å². The molecule has 186 valence electrons. The van der Waals surface area contributed by atoms with Gasteiger partial charge in [-0.1, -0.05) is 18.2 Å². The quantitative estimate of drug-likeness (QED) is 0.355. The zero-order valence-corrected chi connectivity index (χ0v) is 20.4. The van der Waals surface area contributed by atoms with Crippen LogP contribution in [0, 0.1) is 5.92 Å². The molecule has 0 bridgehead atoms. The molecule has 8 heteroatoms. The molecule has 0 radical (unpaired) electrons. The standard InChI is InChI=1S/C28H28N2O6/c1-32-25-11-18(12-26(33-2)28(25)34-3)24-13-22-27(36-24)20(7-8-30-22)16-5-4-6-17(9-16)23(31)10-19-14-35-15-21(19)29/h4-9,11-13,19,21H,10,14-15,29H2,1-3H3/t19-,21+/m1/s1. The molecule has 0 spiro atoms. The van der Waals surface area contributed by atoms with Gasteiger partial charge in [-0.05, 0) is 29.8 Å². The Balaban J connectivity index is 1.51. The summed E-state index contributed by atoms with van der Waals surface area (Å²) in [6, 6.07) is 14.9. The van der Waals surface area contributed by atoms with E-state index in [1.807, 2.05) is 48.5 Å². The number of methoxy groups -OCH3 is 3. The van der Waals surface area contributed by atoms with Crippen molar-refractivity contribution in [2.24, 2.45) is 11.7 Å². The zero-order chi connectivity index (χ0) is 25.2. The van der Waals surface area contributed by atoms with Gasteiger partial charge in [-0.3, -0.25) is 9.78 Å². The first-order valence-corrected chi connectivity index (χ1v) is 11.7. The summed E-state index contributed by atoms with van der Waals surface area (Å²) in [6.07, 6.45) is 2.10. The van der Waals surface area contributed by atoms with Crippen LogP contribution in [0.15, 0.2) is 59.1 Å². The van der Waals surface area contributed by atoms with Crippen molar-refractivity contribution in [1.29, 1.82) is 0 Å². The van der Waals surface area contributed by atoms with Gasteiger partial charge in [0.15, 0.2) is 22.9 Å². The first-order valence-electron chi connectivity index (χ1n) is 11.7. The smallest absolute Gasteiger partial charge is 0.203 e. The first-order chi connectivity index (χ1) is 17.5. The molecule has 2 aromatic heterocycles. The average Bonchev–Trinajstić information content (AvgIpc) is 3.53. The number of carbonyl (C=O) groups excluding carboxylic acids is 1. The Morgan fingerprint density at radius 3 is 2.44 bits per heavy atom. The highest BCUT2D eigenvalue weighted by molar-refractivity contribution is 5.99. The van der Waals surface area contributed by atoms with Crippen LogP contribution in [0.5, 0.6) is 17.2 Å². The van der Waals surface area contributed by atoms with Gasteiger partial charge in [-0.15, -0.1) is 0 Å². The number of nitrogens with zero attached hydrogens (tertiary/aromatic N) is 1. The fourth-order valence-corrected chi connectivity index (χ4v) is 4.57. The number of rotatable bonds is 8. The minimum atomic E-state index is -0.103. The molecule has 5 rings (SSSR count). The van der Waals surface area contributed by atoms with Crippen molar-refractivity contribution in [1.82, 2.24) is 4.98 Å². The first kappa shape index (κ1) is 23.8. The van der Waals surface area contributed by atoms with Gasteiger partial charge in [0.25, 0.3) is 0 Å². The zero-order valence-electron chi connectivity index (χ0n) is 20.4. The Morgan fingerprint density at radius 2 is 1.78 bits per heavy atom. The number of pyridine rings is 1. The summed E-state index contributed by atoms with van der Waals surface area (Å²) in [5, 5.41) is 0. The van der Waals surface area contributed by atoms with Crippen molar-refractivity contribution in [3.8, 4) is 39.7 Å². The maximum absolute atomic E-state index is 13.0. The molecule has 2 atom stereocenters. The van der Waals surface area contributed by atoms with Crippen molar-refractivity contribution >= 4 is 16.9 Å². The van der Waals surface area contributed by atoms with Gasteiger partial charge in [0.1, 0.15) is 11.3 Å². The van der Waals surface area contributed by atoms with E-state index in [9.17, 15) is 4.79 Å². The summed E-state index contributed by atoms with van der Waals surface area (Å²) in [5.74, 6) is 2.25. The SMILES string of the molecule is COc1cc(-c2cc3nccc(-c4cccc(C(=O)C[C@@H]5COC[C@@H]5N)c4)c3o2)cc(OC)c1OC. The van der Waals surface area contributed by atoms with Gasteiger partial charge in [-0.2, -0.15) is 0 Å². The molecule has 0 amide bonds. The van der Waals surface area contributed by atoms with Gasteiger partial charge < -0.3 is 29.1 Å². The number of hydrogen-bond acceptors (Lipinski definition) is 8. The molecule has 1 aliphatic rings. The van der Waals surface area contributed by atoms with E-state index in [1.54, 1.807) is 27.5 Å². The molecule has 2 N–H and O–H groups in total. The lowest BCUT2D eigenvalue weighted by Gasteiger charge is -2.13. The van der Waals surface area contributed by atoms with Gasteiger partial charge >= 0.3 is 0 Å². The second kappa shape index (κ2) is 10.0. The second-order valence-corrected chi connectivity index (χ2v) is 8.77. The lowest BCUT2D eigenvalue weighted by Crippen LogP contribution is -2.30. The molecule has 1 fully saturated rings. The van der Waals surface area contributed by atoms with Crippen LogP contribution >= 0.6 is 0 Å². The van der Waals surface area contributed by atoms with Gasteiger partial charge in [0.05, 0.1) is 34.5 Å². The maximum Gasteiger partial charge on any atom is 0.203 e. The Morgan fingerprint density at radius 1 is 1.00 bits per heavy atom. The minimum absolute atomic E-state index is 0.0416. The van der Waals surface area contributed by atoms with E-state index in [0.717, 1.165) is 16.7 Å². The van der Waals surface area contributed by atoms with Crippen molar-refractivity contribution in [2.75, 3.05) is 34.5 Å². The monoisotopic (exact) mass is 488 g/mol. The Labute approximate surface area is 208 Å². The number of nitrogens with two attached hydrogens (primary N) is 1. The van der Waals surface area contributed by atoms with Crippen LogP contribution in [0.25, 0.3) is 33.6 Å². The number of benzene rings is 2. The molecule has 1 aliphatic heterocycles. The van der Waals surface area contributed by atoms with E-state index in [-0.39, 0.29) is 17.7 Å². The third-order valence-corrected chi connectivity index (χ3v) is 6.55. The van der Waals surface area contributed by atoms with Gasteiger partial charge in [-0.25, -0.2) is 0 Å². The number of Topliss-reactive ketones (excluding diaryl/α,β-unsaturated/α-hetero) is 1. The normalized spacial score (nSPS) is 17.3. The summed E-state index contributed by atoms with van der Waals surface area (Å²) >= 11 is 0. The van der Waals surface area contributed by atoms with Crippen LogP contribution in [-0.2, 0) is 4.74 Å². The molecular weight excluding hydrogens is 460 g/mol. The Hall–Kier alpha value is -3.88. The van der Waals surface area contributed by atoms with Gasteiger partial charge in [0.2, 0.25) is 5.75 Å². The van der Waals surface area contributed by atoms with E-state index in [1.165, 1.54) is 0 Å². The Kier molecular flexibility index (Phi) is 6.63. The predicted molar refractivity (Wildman–Crippen MR) is 136 cm³/mol. The summed E-state index contributed by atoms with van der Waals surface area (Å²) in [6.45, 7) is 1.02. The van der Waals surface area contributed by atoms with E-state index in [2.05, 4.69) is 4.98 Å². The Bertz CT molecular complexity index is 1390. The summed E-state index contributed by atoms with van der Waals surface area (Å²) in [5.41, 5.74) is 10.5. The van der Waals surface area contributed by atoms with Crippen LogP contribution in [0.1, 0.15) is 16.8 Å². The largest absolute Gasteiger partial charge is 0.493 e. The fraction of sp³-hybridized carbons (Fsp3) is 0.286. The van der Waals surface area contributed by atoms with Crippen LogP contribution in [0.4, 0.5) is 0 Å². The van der Waals surface area contributed by atoms with Crippen molar-refractivity contribution in [3.63, 3.8) is 0 Å². The number of ketones is 1. The predicted octanol–water partition coefficient (Wildman–Crippen LogP) is 4.73. The fourth-order valence-electron chi connectivity index (χ4n) is 4.57. The van der Waals surface area contributed by atoms with E-state index in [4.69, 9.17) is 29.1 Å². The molecule has 0 unspecified atom stereocenters. The van der Waals surface area contributed by atoms with Gasteiger partial charge in [0, 0.05) is 47.3 Å². The lowest BCUT2D eigenvalue weighted by atomic mass is 9.93. The highest BCUT2D eigenvalue weighted by atomic mass is 16.5.